The molecular formula is C17H13N3. The number of rotatable bonds is 1. The summed E-state index contributed by atoms with van der Waals surface area (Å²) < 4.78 is 2.21. The molecule has 0 spiro atoms. The number of aromatic nitrogens is 3. The molecule has 0 aliphatic carbocycles. The van der Waals surface area contributed by atoms with Crippen LogP contribution in [0.3, 0.4) is 0 Å². The molecule has 4 aromatic rings. The van der Waals surface area contributed by atoms with Gasteiger partial charge in [0.15, 0.2) is 0 Å². The maximum atomic E-state index is 4.41. The fraction of sp³-hybridized carbons (Fsp3) is 0.0588. The number of pyridine rings is 2. The molecule has 1 aromatic carbocycles. The summed E-state index contributed by atoms with van der Waals surface area (Å²) in [4.78, 5) is 8.68. The fourth-order valence-corrected chi connectivity index (χ4v) is 2.69. The molecule has 4 rings (SSSR count). The fourth-order valence-electron chi connectivity index (χ4n) is 2.69. The number of benzene rings is 1. The van der Waals surface area contributed by atoms with E-state index >= 15 is 0 Å². The topological polar surface area (TPSA) is 30.7 Å². The largest absolute Gasteiger partial charge is 0.306 e. The van der Waals surface area contributed by atoms with E-state index in [2.05, 4.69) is 50.9 Å². The monoisotopic (exact) mass is 259 g/mol. The Labute approximate surface area is 116 Å². The smallest absolute Gasteiger partial charge is 0.0725 e. The number of nitrogens with zero attached hydrogens (tertiary/aromatic N) is 3. The van der Waals surface area contributed by atoms with Crippen molar-refractivity contribution in [3.05, 3.63) is 66.7 Å². The predicted octanol–water partition coefficient (Wildman–Crippen LogP) is 3.88. The highest BCUT2D eigenvalue weighted by atomic mass is 15.0. The molecule has 3 heteroatoms. The lowest BCUT2D eigenvalue weighted by molar-refractivity contribution is 1.10. The molecule has 0 amide bonds. The van der Waals surface area contributed by atoms with Crippen molar-refractivity contribution in [3.8, 4) is 5.69 Å². The summed E-state index contributed by atoms with van der Waals surface area (Å²) in [5, 5.41) is 2.46. The van der Waals surface area contributed by atoms with Crippen LogP contribution in [0, 0.1) is 6.92 Å². The van der Waals surface area contributed by atoms with E-state index in [1.807, 2.05) is 31.6 Å². The number of hydrogen-bond donors (Lipinski definition) is 0. The zero-order valence-corrected chi connectivity index (χ0v) is 11.1. The third-order valence-corrected chi connectivity index (χ3v) is 3.63. The van der Waals surface area contributed by atoms with Crippen LogP contribution in [0.5, 0.6) is 0 Å². The molecule has 3 nitrogen and oxygen atoms in total. The second kappa shape index (κ2) is 4.17. The maximum Gasteiger partial charge on any atom is 0.0725 e. The first-order chi connectivity index (χ1) is 9.84. The van der Waals surface area contributed by atoms with Crippen LogP contribution in [0.1, 0.15) is 5.69 Å². The summed E-state index contributed by atoms with van der Waals surface area (Å²) in [5.41, 5.74) is 4.38. The van der Waals surface area contributed by atoms with E-state index in [0.29, 0.717) is 0 Å². The average molecular weight is 259 g/mol. The van der Waals surface area contributed by atoms with Gasteiger partial charge in [0.05, 0.1) is 29.1 Å². The van der Waals surface area contributed by atoms with Crippen LogP contribution in [0.2, 0.25) is 0 Å². The Morgan fingerprint density at radius 2 is 1.70 bits per heavy atom. The number of hydrogen-bond acceptors (Lipinski definition) is 2. The first-order valence-electron chi connectivity index (χ1n) is 6.61. The third kappa shape index (κ3) is 1.53. The highest BCUT2D eigenvalue weighted by molar-refractivity contribution is 6.08. The molecule has 0 unspecified atom stereocenters. The van der Waals surface area contributed by atoms with Crippen LogP contribution in [-0.4, -0.2) is 14.5 Å². The zero-order chi connectivity index (χ0) is 13.5. The van der Waals surface area contributed by atoms with Gasteiger partial charge in [0.25, 0.3) is 0 Å². The van der Waals surface area contributed by atoms with Crippen LogP contribution in [0.15, 0.2) is 61.1 Å². The Morgan fingerprint density at radius 1 is 0.850 bits per heavy atom. The SMILES string of the molecule is Cc1ccc(-n2c3ccccc3c3ccncc32)cn1. The molecule has 3 heterocycles. The average Bonchev–Trinajstić information content (AvgIpc) is 2.83. The van der Waals surface area contributed by atoms with Crippen LogP contribution in [0.25, 0.3) is 27.5 Å². The van der Waals surface area contributed by atoms with Crippen LogP contribution < -0.4 is 0 Å². The Morgan fingerprint density at radius 3 is 2.55 bits per heavy atom. The van der Waals surface area contributed by atoms with Gasteiger partial charge in [-0.2, -0.15) is 0 Å². The summed E-state index contributed by atoms with van der Waals surface area (Å²) in [6.45, 7) is 2.00. The van der Waals surface area contributed by atoms with Crippen molar-refractivity contribution in [2.45, 2.75) is 6.92 Å². The van der Waals surface area contributed by atoms with Crippen molar-refractivity contribution in [2.24, 2.45) is 0 Å². The van der Waals surface area contributed by atoms with Crippen molar-refractivity contribution in [3.63, 3.8) is 0 Å². The van der Waals surface area contributed by atoms with E-state index in [1.165, 1.54) is 16.3 Å². The van der Waals surface area contributed by atoms with Gasteiger partial charge in [0.2, 0.25) is 0 Å². The molecule has 20 heavy (non-hydrogen) atoms. The minimum atomic E-state index is 1.02. The summed E-state index contributed by atoms with van der Waals surface area (Å²) in [6, 6.07) is 14.6. The van der Waals surface area contributed by atoms with Crippen molar-refractivity contribution < 1.29 is 0 Å². The van der Waals surface area contributed by atoms with E-state index in [0.717, 1.165) is 16.9 Å². The second-order valence-corrected chi connectivity index (χ2v) is 4.90. The summed E-state index contributed by atoms with van der Waals surface area (Å²) in [7, 11) is 0. The molecule has 96 valence electrons. The molecular weight excluding hydrogens is 246 g/mol. The molecule has 0 fully saturated rings. The molecule has 0 aliphatic heterocycles. The first-order valence-corrected chi connectivity index (χ1v) is 6.61. The van der Waals surface area contributed by atoms with Crippen LogP contribution in [0.4, 0.5) is 0 Å². The van der Waals surface area contributed by atoms with Crippen molar-refractivity contribution in [2.75, 3.05) is 0 Å². The maximum absolute atomic E-state index is 4.41. The van der Waals surface area contributed by atoms with Crippen molar-refractivity contribution in [1.29, 1.82) is 0 Å². The highest BCUT2D eigenvalue weighted by Gasteiger charge is 2.11. The van der Waals surface area contributed by atoms with Crippen LogP contribution in [-0.2, 0) is 0 Å². The summed E-state index contributed by atoms with van der Waals surface area (Å²) in [5.74, 6) is 0. The van der Waals surface area contributed by atoms with E-state index in [9.17, 15) is 0 Å². The van der Waals surface area contributed by atoms with E-state index in [1.54, 1.807) is 0 Å². The van der Waals surface area contributed by atoms with Crippen molar-refractivity contribution >= 4 is 21.8 Å². The second-order valence-electron chi connectivity index (χ2n) is 4.90. The third-order valence-electron chi connectivity index (χ3n) is 3.63. The van der Waals surface area contributed by atoms with E-state index < -0.39 is 0 Å². The first kappa shape index (κ1) is 11.2. The molecule has 0 saturated carbocycles. The molecule has 0 radical (unpaired) electrons. The lowest BCUT2D eigenvalue weighted by Crippen LogP contribution is -1.95. The molecule has 0 bridgehead atoms. The minimum Gasteiger partial charge on any atom is -0.306 e. The number of fused-ring (bicyclic) bond motifs is 3. The van der Waals surface area contributed by atoms with Gasteiger partial charge in [-0.05, 0) is 31.2 Å². The standard InChI is InChI=1S/C17H13N3/c1-12-6-7-13(10-19-12)20-16-5-3-2-4-14(16)15-8-9-18-11-17(15)20/h2-11H,1H3. The van der Waals surface area contributed by atoms with Gasteiger partial charge in [0, 0.05) is 22.7 Å². The Balaban J connectivity index is 2.17. The summed E-state index contributed by atoms with van der Waals surface area (Å²) >= 11 is 0. The normalized spacial score (nSPS) is 11.2. The van der Waals surface area contributed by atoms with Gasteiger partial charge >= 0.3 is 0 Å². The van der Waals surface area contributed by atoms with E-state index in [-0.39, 0.29) is 0 Å². The Bertz CT molecular complexity index is 851. The molecule has 0 aliphatic rings. The molecule has 0 atom stereocenters. The lowest BCUT2D eigenvalue weighted by Gasteiger charge is -2.06. The van der Waals surface area contributed by atoms with Gasteiger partial charge < -0.3 is 4.57 Å². The van der Waals surface area contributed by atoms with E-state index in [4.69, 9.17) is 0 Å². The number of aryl methyl sites for hydroxylation is 1. The van der Waals surface area contributed by atoms with Gasteiger partial charge in [0.1, 0.15) is 0 Å². The Hall–Kier alpha value is -2.68. The molecule has 3 aromatic heterocycles. The van der Waals surface area contributed by atoms with Gasteiger partial charge in [-0.25, -0.2) is 0 Å². The zero-order valence-electron chi connectivity index (χ0n) is 11.1. The van der Waals surface area contributed by atoms with Gasteiger partial charge in [-0.1, -0.05) is 18.2 Å². The summed E-state index contributed by atoms with van der Waals surface area (Å²) in [6.07, 6.45) is 5.66. The van der Waals surface area contributed by atoms with Gasteiger partial charge in [-0.15, -0.1) is 0 Å². The van der Waals surface area contributed by atoms with Crippen molar-refractivity contribution in [1.82, 2.24) is 14.5 Å². The van der Waals surface area contributed by atoms with Gasteiger partial charge in [-0.3, -0.25) is 9.97 Å². The Kier molecular flexibility index (Phi) is 2.33. The molecule has 0 N–H and O–H groups in total. The predicted molar refractivity (Wildman–Crippen MR) is 81.1 cm³/mol. The lowest BCUT2D eigenvalue weighted by atomic mass is 10.2. The number of para-hydroxylation sites is 1. The minimum absolute atomic E-state index is 1.02. The molecule has 0 saturated heterocycles. The van der Waals surface area contributed by atoms with Crippen LogP contribution >= 0.6 is 0 Å². The highest BCUT2D eigenvalue weighted by Crippen LogP contribution is 2.30. The quantitative estimate of drug-likeness (QED) is 0.519.